The zero-order valence-electron chi connectivity index (χ0n) is 13.3. The van der Waals surface area contributed by atoms with Crippen LogP contribution in [0.1, 0.15) is 24.1 Å². The predicted molar refractivity (Wildman–Crippen MR) is 82.2 cm³/mol. The summed E-state index contributed by atoms with van der Waals surface area (Å²) in [5.74, 6) is 0.506. The van der Waals surface area contributed by atoms with Crippen molar-refractivity contribution in [1.82, 2.24) is 14.5 Å². The molecule has 4 rings (SSSR count). The number of aryl methyl sites for hydroxylation is 1. The fourth-order valence-electron chi connectivity index (χ4n) is 4.38. The van der Waals surface area contributed by atoms with Gasteiger partial charge in [-0.05, 0) is 37.3 Å². The largest absolute Gasteiger partial charge is 0.418 e. The summed E-state index contributed by atoms with van der Waals surface area (Å²) in [4.78, 5) is 16.9. The number of halogens is 3. The monoisotopic (exact) mass is 337 g/mol. The van der Waals surface area contributed by atoms with Gasteiger partial charge in [0.25, 0.3) is 0 Å². The maximum atomic E-state index is 13.0. The van der Waals surface area contributed by atoms with Crippen molar-refractivity contribution < 1.29 is 18.0 Å². The number of aromatic nitrogens is 2. The molecule has 2 aliphatic rings. The second-order valence-electron chi connectivity index (χ2n) is 7.31. The van der Waals surface area contributed by atoms with E-state index in [9.17, 15) is 18.0 Å². The molecule has 0 bridgehead atoms. The highest BCUT2D eigenvalue weighted by Gasteiger charge is 2.51. The van der Waals surface area contributed by atoms with E-state index in [-0.39, 0.29) is 5.39 Å². The van der Waals surface area contributed by atoms with Crippen LogP contribution < -0.4 is 0 Å². The van der Waals surface area contributed by atoms with Gasteiger partial charge in [0.15, 0.2) is 0 Å². The van der Waals surface area contributed by atoms with Crippen molar-refractivity contribution in [3.8, 4) is 0 Å². The van der Waals surface area contributed by atoms with Crippen molar-refractivity contribution in [2.45, 2.75) is 25.4 Å². The van der Waals surface area contributed by atoms with Crippen LogP contribution in [-0.4, -0.2) is 34.0 Å². The second-order valence-corrected chi connectivity index (χ2v) is 7.31. The average Bonchev–Trinajstić information content (AvgIpc) is 2.77. The molecule has 0 atom stereocenters. The van der Waals surface area contributed by atoms with Gasteiger partial charge in [0.05, 0.1) is 5.56 Å². The first kappa shape index (κ1) is 15.5. The van der Waals surface area contributed by atoms with Gasteiger partial charge < -0.3 is 9.47 Å². The lowest BCUT2D eigenvalue weighted by atomic mass is 9.57. The molecule has 2 aromatic rings. The Morgan fingerprint density at radius 3 is 2.67 bits per heavy atom. The quantitative estimate of drug-likeness (QED) is 0.808. The van der Waals surface area contributed by atoms with Crippen LogP contribution in [0.2, 0.25) is 0 Å². The summed E-state index contributed by atoms with van der Waals surface area (Å²) in [6.45, 7) is 1.68. The van der Waals surface area contributed by atoms with Crippen molar-refractivity contribution in [2.24, 2.45) is 18.4 Å². The van der Waals surface area contributed by atoms with E-state index in [0.29, 0.717) is 17.0 Å². The van der Waals surface area contributed by atoms with Crippen molar-refractivity contribution in [3.63, 3.8) is 0 Å². The number of pyridine rings is 1. The van der Waals surface area contributed by atoms with E-state index in [1.54, 1.807) is 18.0 Å². The number of rotatable bonds is 3. The van der Waals surface area contributed by atoms with Crippen LogP contribution in [0.25, 0.3) is 11.0 Å². The molecule has 7 heteroatoms. The summed E-state index contributed by atoms with van der Waals surface area (Å²) < 4.78 is 40.5. The van der Waals surface area contributed by atoms with E-state index in [2.05, 4.69) is 4.98 Å². The Labute approximate surface area is 137 Å². The number of amides is 1. The molecule has 1 saturated heterocycles. The summed E-state index contributed by atoms with van der Waals surface area (Å²) in [7, 11) is 1.59. The highest BCUT2D eigenvalue weighted by atomic mass is 19.4. The van der Waals surface area contributed by atoms with Crippen LogP contribution in [0.3, 0.4) is 0 Å². The third-order valence-corrected chi connectivity index (χ3v) is 5.35. The maximum absolute atomic E-state index is 13.0. The molecule has 2 fully saturated rings. The third-order valence-electron chi connectivity index (χ3n) is 5.35. The van der Waals surface area contributed by atoms with Gasteiger partial charge in [-0.15, -0.1) is 0 Å². The highest BCUT2D eigenvalue weighted by Crippen LogP contribution is 2.52. The summed E-state index contributed by atoms with van der Waals surface area (Å²) >= 11 is 0. The fourth-order valence-corrected chi connectivity index (χ4v) is 4.38. The first-order chi connectivity index (χ1) is 11.3. The van der Waals surface area contributed by atoms with E-state index >= 15 is 0 Å². The van der Waals surface area contributed by atoms with E-state index in [1.807, 2.05) is 0 Å². The van der Waals surface area contributed by atoms with Gasteiger partial charge in [-0.3, -0.25) is 4.79 Å². The van der Waals surface area contributed by atoms with Gasteiger partial charge in [-0.2, -0.15) is 13.2 Å². The average molecular weight is 337 g/mol. The molecular formula is C17H18F3N3O. The Morgan fingerprint density at radius 2 is 2.04 bits per heavy atom. The number of carbonyl (C=O) groups excluding carboxylic acids is 1. The molecule has 1 saturated carbocycles. The first-order valence-electron chi connectivity index (χ1n) is 8.01. The minimum absolute atomic E-state index is 0.152. The Hall–Kier alpha value is -2.05. The van der Waals surface area contributed by atoms with Gasteiger partial charge in [0.1, 0.15) is 5.65 Å². The number of alkyl halides is 3. The third kappa shape index (κ3) is 2.37. The molecule has 0 unspecified atom stereocenters. The van der Waals surface area contributed by atoms with Crippen molar-refractivity contribution in [2.75, 3.05) is 13.1 Å². The lowest BCUT2D eigenvalue weighted by Crippen LogP contribution is -2.61. The summed E-state index contributed by atoms with van der Waals surface area (Å²) in [5, 5.41) is 0.152. The van der Waals surface area contributed by atoms with Gasteiger partial charge >= 0.3 is 6.18 Å². The highest BCUT2D eigenvalue weighted by molar-refractivity contribution is 5.81. The molecule has 0 N–H and O–H groups in total. The summed E-state index contributed by atoms with van der Waals surface area (Å²) in [6, 6.07) is 3.24. The van der Waals surface area contributed by atoms with E-state index in [1.165, 1.54) is 10.6 Å². The van der Waals surface area contributed by atoms with Crippen LogP contribution in [0.5, 0.6) is 0 Å². The van der Waals surface area contributed by atoms with E-state index in [0.717, 1.165) is 50.7 Å². The smallest absolute Gasteiger partial charge is 0.344 e. The molecular weight excluding hydrogens is 319 g/mol. The van der Waals surface area contributed by atoms with Crippen LogP contribution in [0, 0.1) is 11.3 Å². The van der Waals surface area contributed by atoms with Gasteiger partial charge in [-0.1, -0.05) is 0 Å². The Kier molecular flexibility index (Phi) is 3.21. The lowest BCUT2D eigenvalue weighted by molar-refractivity contribution is -0.141. The molecule has 24 heavy (non-hydrogen) atoms. The van der Waals surface area contributed by atoms with Crippen LogP contribution in [0.15, 0.2) is 18.3 Å². The van der Waals surface area contributed by atoms with Gasteiger partial charge in [-0.25, -0.2) is 4.98 Å². The number of hydrogen-bond donors (Lipinski definition) is 0. The summed E-state index contributed by atoms with van der Waals surface area (Å²) in [6.07, 6.45) is 0.545. The normalized spacial score (nSPS) is 20.2. The minimum Gasteiger partial charge on any atom is -0.344 e. The maximum Gasteiger partial charge on any atom is 0.418 e. The molecule has 1 amide bonds. The van der Waals surface area contributed by atoms with Crippen molar-refractivity contribution >= 4 is 17.4 Å². The Balaban J connectivity index is 1.49. The number of fused-ring (bicyclic) bond motifs is 1. The Morgan fingerprint density at radius 1 is 1.33 bits per heavy atom. The van der Waals surface area contributed by atoms with Crippen LogP contribution in [0.4, 0.5) is 13.2 Å². The minimum atomic E-state index is -4.36. The first-order valence-corrected chi connectivity index (χ1v) is 8.01. The topological polar surface area (TPSA) is 38.1 Å². The van der Waals surface area contributed by atoms with E-state index in [4.69, 9.17) is 0 Å². The lowest BCUT2D eigenvalue weighted by Gasteiger charge is -2.58. The zero-order chi connectivity index (χ0) is 17.1. The number of hydrogen-bond acceptors (Lipinski definition) is 2. The van der Waals surface area contributed by atoms with Crippen molar-refractivity contribution in [3.05, 3.63) is 29.6 Å². The number of nitrogens with zero attached hydrogens (tertiary/aromatic N) is 3. The van der Waals surface area contributed by atoms with Gasteiger partial charge in [0, 0.05) is 42.8 Å². The Bertz CT molecular complexity index is 797. The number of likely N-dealkylation sites (tertiary alicyclic amines) is 1. The van der Waals surface area contributed by atoms with E-state index < -0.39 is 11.7 Å². The van der Waals surface area contributed by atoms with Crippen molar-refractivity contribution in [1.29, 1.82) is 0 Å². The molecule has 128 valence electrons. The van der Waals surface area contributed by atoms with Crippen LogP contribution in [-0.2, 0) is 24.4 Å². The molecule has 1 aliphatic carbocycles. The molecule has 1 aliphatic heterocycles. The number of carbonyl (C=O) groups is 1. The summed E-state index contributed by atoms with van der Waals surface area (Å²) in [5.41, 5.74) is 0.878. The predicted octanol–water partition coefficient (Wildman–Crippen LogP) is 3.00. The molecule has 3 heterocycles. The van der Waals surface area contributed by atoms with Crippen LogP contribution >= 0.6 is 0 Å². The fraction of sp³-hybridized carbons (Fsp3) is 0.529. The molecule has 4 nitrogen and oxygen atoms in total. The molecule has 0 radical (unpaired) electrons. The molecule has 2 aromatic heterocycles. The zero-order valence-corrected chi connectivity index (χ0v) is 13.3. The second kappa shape index (κ2) is 4.97. The molecule has 0 aromatic carbocycles. The standard InChI is InChI=1S/C17H18F3N3O/c1-22-7-14(17(18,19)20)13-3-2-12(21-15(13)22)4-11-5-16(6-11)8-23(9-16)10-24/h2-3,7,10-11H,4-6,8-9H2,1H3. The van der Waals surface area contributed by atoms with Gasteiger partial charge in [0.2, 0.25) is 6.41 Å². The SMILES string of the molecule is Cn1cc(C(F)(F)F)c2ccc(CC3CC4(C3)CN(C=O)C4)nc21. The molecule has 1 spiro atoms.